The molecule has 9 heteroatoms. The molecule has 4 rings (SSSR count). The summed E-state index contributed by atoms with van der Waals surface area (Å²) in [6, 6.07) is 16.3. The number of carbonyl (C=O) groups is 1. The van der Waals surface area contributed by atoms with E-state index in [2.05, 4.69) is 0 Å². The highest BCUT2D eigenvalue weighted by molar-refractivity contribution is 6.31. The minimum atomic E-state index is -1.64. The van der Waals surface area contributed by atoms with E-state index in [1.807, 2.05) is 30.3 Å². The number of benzene rings is 3. The number of anilines is 1. The first-order chi connectivity index (χ1) is 15.9. The Morgan fingerprint density at radius 3 is 2.12 bits per heavy atom. The van der Waals surface area contributed by atoms with Gasteiger partial charge in [-0.2, -0.15) is 0 Å². The quantitative estimate of drug-likeness (QED) is 0.278. The monoisotopic (exact) mass is 478 g/mol. The van der Waals surface area contributed by atoms with E-state index in [1.54, 1.807) is 24.3 Å². The van der Waals surface area contributed by atoms with E-state index in [-0.39, 0.29) is 32.1 Å². The molecule has 0 atom stereocenters. The number of rotatable bonds is 5. The fourth-order valence-electron chi connectivity index (χ4n) is 3.65. The molecule has 1 heterocycles. The van der Waals surface area contributed by atoms with Gasteiger partial charge in [0.05, 0.1) is 0 Å². The first kappa shape index (κ1) is 22.9. The predicted molar refractivity (Wildman–Crippen MR) is 117 cm³/mol. The molecule has 3 aromatic rings. The summed E-state index contributed by atoms with van der Waals surface area (Å²) in [7, 11) is 0. The first-order valence-electron chi connectivity index (χ1n) is 10.2. The van der Waals surface area contributed by atoms with Crippen LogP contribution in [-0.2, 0) is 6.61 Å². The van der Waals surface area contributed by atoms with Gasteiger partial charge < -0.3 is 14.5 Å². The molecule has 172 valence electrons. The average molecular weight is 479 g/mol. The molecule has 1 saturated heterocycles. The van der Waals surface area contributed by atoms with Crippen LogP contribution in [0.3, 0.4) is 0 Å². The van der Waals surface area contributed by atoms with Crippen LogP contribution in [0.5, 0.6) is 5.75 Å². The van der Waals surface area contributed by atoms with Crippen molar-refractivity contribution < 1.29 is 27.1 Å². The summed E-state index contributed by atoms with van der Waals surface area (Å²) in [6.45, 7) is 0.550. The van der Waals surface area contributed by atoms with Crippen LogP contribution in [0, 0.1) is 23.3 Å². The number of ether oxygens (including phenoxy) is 1. The summed E-state index contributed by atoms with van der Waals surface area (Å²) >= 11 is 5.29. The zero-order valence-electron chi connectivity index (χ0n) is 17.3. The minimum absolute atomic E-state index is 0.00963. The fraction of sp³-hybridized carbons (Fsp3) is 0.208. The van der Waals surface area contributed by atoms with E-state index in [1.165, 1.54) is 4.90 Å². The molecule has 0 spiro atoms. The zero-order valence-corrected chi connectivity index (χ0v) is 18.1. The van der Waals surface area contributed by atoms with Crippen molar-refractivity contribution in [2.24, 2.45) is 0 Å². The summed E-state index contributed by atoms with van der Waals surface area (Å²) in [5.74, 6) is -6.15. The largest absolute Gasteiger partial charge is 0.489 e. The number of hydrogen-bond acceptors (Lipinski definition) is 3. The number of hydrogen-bond donors (Lipinski definition) is 0. The molecule has 3 aromatic carbocycles. The Hall–Kier alpha value is -3.26. The molecule has 0 unspecified atom stereocenters. The van der Waals surface area contributed by atoms with Crippen LogP contribution in [0.2, 0.25) is 5.02 Å². The third kappa shape index (κ3) is 4.75. The van der Waals surface area contributed by atoms with Crippen molar-refractivity contribution in [1.29, 1.82) is 0 Å². The number of amides is 1. The van der Waals surface area contributed by atoms with Crippen LogP contribution in [0.25, 0.3) is 0 Å². The lowest BCUT2D eigenvalue weighted by Crippen LogP contribution is -2.49. The Bertz CT molecular complexity index is 1140. The van der Waals surface area contributed by atoms with Gasteiger partial charge in [-0.15, -0.1) is 0 Å². The van der Waals surface area contributed by atoms with E-state index < -0.39 is 34.0 Å². The second-order valence-electron chi connectivity index (χ2n) is 7.50. The lowest BCUT2D eigenvalue weighted by molar-refractivity contribution is 0.0746. The molecule has 33 heavy (non-hydrogen) atoms. The first-order valence-corrected chi connectivity index (χ1v) is 10.6. The molecular weight excluding hydrogens is 460 g/mol. The van der Waals surface area contributed by atoms with Gasteiger partial charge >= 0.3 is 0 Å². The number of halogens is 5. The zero-order chi connectivity index (χ0) is 23.5. The lowest BCUT2D eigenvalue weighted by Gasteiger charge is -2.36. The molecule has 0 aromatic heterocycles. The predicted octanol–water partition coefficient (Wildman–Crippen LogP) is 5.44. The second kappa shape index (κ2) is 9.70. The van der Waals surface area contributed by atoms with Crippen molar-refractivity contribution in [2.45, 2.75) is 6.61 Å². The standard InChI is InChI=1S/C24H19ClF4N2O2/c25-18-19(26)21(28)23(22(29)20(18)27)30-9-11-31(12-10-30)24(32)16-7-4-8-17(13-16)33-14-15-5-2-1-3-6-15/h1-8,13H,9-12,14H2. The van der Waals surface area contributed by atoms with Crippen LogP contribution in [0.15, 0.2) is 54.6 Å². The Kier molecular flexibility index (Phi) is 6.74. The van der Waals surface area contributed by atoms with Crippen molar-refractivity contribution >= 4 is 23.2 Å². The van der Waals surface area contributed by atoms with Gasteiger partial charge in [-0.3, -0.25) is 4.79 Å². The molecule has 0 bridgehead atoms. The molecule has 4 nitrogen and oxygen atoms in total. The van der Waals surface area contributed by atoms with Crippen molar-refractivity contribution in [3.05, 3.63) is 94.0 Å². The highest BCUT2D eigenvalue weighted by atomic mass is 35.5. The molecule has 0 radical (unpaired) electrons. The highest BCUT2D eigenvalue weighted by Crippen LogP contribution is 2.34. The number of carbonyl (C=O) groups excluding carboxylic acids is 1. The van der Waals surface area contributed by atoms with E-state index in [4.69, 9.17) is 16.3 Å². The normalized spacial score (nSPS) is 13.8. The average Bonchev–Trinajstić information content (AvgIpc) is 2.86. The Balaban J connectivity index is 1.42. The van der Waals surface area contributed by atoms with Crippen LogP contribution in [0.1, 0.15) is 15.9 Å². The number of nitrogens with zero attached hydrogens (tertiary/aromatic N) is 2. The summed E-state index contributed by atoms with van der Waals surface area (Å²) in [5.41, 5.74) is 0.563. The van der Waals surface area contributed by atoms with E-state index in [0.717, 1.165) is 10.5 Å². The van der Waals surface area contributed by atoms with Crippen molar-refractivity contribution in [1.82, 2.24) is 4.90 Å². The highest BCUT2D eigenvalue weighted by Gasteiger charge is 2.31. The Labute approximate surface area is 192 Å². The molecule has 1 aliphatic heterocycles. The Morgan fingerprint density at radius 2 is 1.48 bits per heavy atom. The lowest BCUT2D eigenvalue weighted by atomic mass is 10.1. The molecule has 0 N–H and O–H groups in total. The van der Waals surface area contributed by atoms with Gasteiger partial charge in [0, 0.05) is 31.7 Å². The van der Waals surface area contributed by atoms with Crippen LogP contribution in [0.4, 0.5) is 23.2 Å². The van der Waals surface area contributed by atoms with Gasteiger partial charge in [0.15, 0.2) is 23.3 Å². The summed E-state index contributed by atoms with van der Waals surface area (Å²) < 4.78 is 61.9. The summed E-state index contributed by atoms with van der Waals surface area (Å²) in [5, 5.41) is -1.23. The van der Waals surface area contributed by atoms with Gasteiger partial charge in [0.1, 0.15) is 23.1 Å². The molecular formula is C24H19ClF4N2O2. The van der Waals surface area contributed by atoms with E-state index in [9.17, 15) is 22.4 Å². The minimum Gasteiger partial charge on any atom is -0.489 e. The topological polar surface area (TPSA) is 32.8 Å². The maximum absolute atomic E-state index is 14.2. The smallest absolute Gasteiger partial charge is 0.254 e. The second-order valence-corrected chi connectivity index (χ2v) is 7.88. The third-order valence-electron chi connectivity index (χ3n) is 5.40. The van der Waals surface area contributed by atoms with E-state index in [0.29, 0.717) is 17.9 Å². The summed E-state index contributed by atoms with van der Waals surface area (Å²) in [4.78, 5) is 15.6. The van der Waals surface area contributed by atoms with E-state index >= 15 is 0 Å². The molecule has 1 fully saturated rings. The van der Waals surface area contributed by atoms with Crippen LogP contribution in [-0.4, -0.2) is 37.0 Å². The van der Waals surface area contributed by atoms with Crippen molar-refractivity contribution in [2.75, 3.05) is 31.1 Å². The van der Waals surface area contributed by atoms with Crippen LogP contribution >= 0.6 is 11.6 Å². The molecule has 0 saturated carbocycles. The van der Waals surface area contributed by atoms with Gasteiger partial charge in [0.25, 0.3) is 5.91 Å². The summed E-state index contributed by atoms with van der Waals surface area (Å²) in [6.07, 6.45) is 0. The third-order valence-corrected chi connectivity index (χ3v) is 5.73. The maximum Gasteiger partial charge on any atom is 0.254 e. The van der Waals surface area contributed by atoms with Gasteiger partial charge in [-0.25, -0.2) is 17.6 Å². The molecule has 1 amide bonds. The SMILES string of the molecule is O=C(c1cccc(OCc2ccccc2)c1)N1CCN(c2c(F)c(F)c(Cl)c(F)c2F)CC1. The fourth-order valence-corrected chi connectivity index (χ4v) is 3.81. The van der Waals surface area contributed by atoms with Crippen molar-refractivity contribution in [3.8, 4) is 5.75 Å². The van der Waals surface area contributed by atoms with Gasteiger partial charge in [-0.05, 0) is 23.8 Å². The van der Waals surface area contributed by atoms with Gasteiger partial charge in [-0.1, -0.05) is 48.0 Å². The van der Waals surface area contributed by atoms with Crippen molar-refractivity contribution in [3.63, 3.8) is 0 Å². The van der Waals surface area contributed by atoms with Crippen LogP contribution < -0.4 is 9.64 Å². The molecule has 1 aliphatic rings. The van der Waals surface area contributed by atoms with Gasteiger partial charge in [0.2, 0.25) is 0 Å². The molecule has 0 aliphatic carbocycles. The Morgan fingerprint density at radius 1 is 0.848 bits per heavy atom. The maximum atomic E-state index is 14.2. The number of piperazine rings is 1.